The van der Waals surface area contributed by atoms with Crippen LogP contribution in [0.15, 0.2) is 60.8 Å². The minimum atomic E-state index is -0.992. The number of nitrogens with zero attached hydrogens (tertiary/aromatic N) is 2. The molecule has 0 aliphatic carbocycles. The minimum Gasteiger partial charge on any atom is -0.481 e. The van der Waals surface area contributed by atoms with Gasteiger partial charge in [-0.15, -0.1) is 0 Å². The summed E-state index contributed by atoms with van der Waals surface area (Å²) in [6.07, 6.45) is 0.923. The molecule has 0 saturated carbocycles. The van der Waals surface area contributed by atoms with Gasteiger partial charge in [0.2, 0.25) is 6.41 Å². The Balaban J connectivity index is 1.37. The number of pyridine rings is 1. The van der Waals surface area contributed by atoms with Crippen LogP contribution in [0.5, 0.6) is 0 Å². The maximum atomic E-state index is 14.3. The molecule has 1 aromatic heterocycles. The van der Waals surface area contributed by atoms with Crippen LogP contribution in [-0.2, 0) is 27.3 Å². The number of carboxylic acid groups (broad SMARTS) is 1. The lowest BCUT2D eigenvalue weighted by atomic mass is 9.93. The molecule has 44 heavy (non-hydrogen) atoms. The number of aryl methyl sites for hydroxylation is 1. The first-order valence-corrected chi connectivity index (χ1v) is 14.1. The monoisotopic (exact) mass is 601 g/mol. The van der Waals surface area contributed by atoms with Gasteiger partial charge >= 0.3 is 12.1 Å². The van der Waals surface area contributed by atoms with Crippen molar-refractivity contribution < 1.29 is 28.6 Å². The maximum Gasteiger partial charge on any atom is 0.411 e. The highest BCUT2D eigenvalue weighted by molar-refractivity contribution is 5.93. The van der Waals surface area contributed by atoms with E-state index in [1.807, 2.05) is 39.0 Å². The summed E-state index contributed by atoms with van der Waals surface area (Å²) >= 11 is 0. The van der Waals surface area contributed by atoms with E-state index < -0.39 is 17.9 Å². The number of anilines is 3. The number of hydrogen-bond donors (Lipinski definition) is 4. The molecule has 0 saturated heterocycles. The average Bonchev–Trinajstić information content (AvgIpc) is 2.98. The fourth-order valence-corrected chi connectivity index (χ4v) is 5.11. The Morgan fingerprint density at radius 2 is 1.82 bits per heavy atom. The first kappa shape index (κ1) is 31.7. The molecule has 1 heterocycles. The van der Waals surface area contributed by atoms with Crippen LogP contribution in [0.3, 0.4) is 0 Å². The highest BCUT2D eigenvalue weighted by atomic mass is 19.1. The third-order valence-corrected chi connectivity index (χ3v) is 7.44. The number of rotatable bonds is 12. The number of nitrogens with two attached hydrogens (primary N) is 1. The van der Waals surface area contributed by atoms with Crippen molar-refractivity contribution >= 4 is 46.4 Å². The summed E-state index contributed by atoms with van der Waals surface area (Å²) in [6.45, 7) is 6.32. The summed E-state index contributed by atoms with van der Waals surface area (Å²) in [6, 6.07) is 16.2. The fraction of sp³-hybridized carbons (Fsp3) is 0.273. The molecule has 230 valence electrons. The van der Waals surface area contributed by atoms with Crippen molar-refractivity contribution in [1.82, 2.24) is 9.88 Å². The van der Waals surface area contributed by atoms with E-state index in [9.17, 15) is 23.9 Å². The van der Waals surface area contributed by atoms with Crippen LogP contribution in [0.4, 0.5) is 26.4 Å². The number of hydrogen-bond acceptors (Lipinski definition) is 7. The zero-order valence-corrected chi connectivity index (χ0v) is 25.1. The molecule has 2 amide bonds. The van der Waals surface area contributed by atoms with Crippen molar-refractivity contribution in [3.8, 4) is 0 Å². The van der Waals surface area contributed by atoms with E-state index in [1.54, 1.807) is 37.4 Å². The Bertz CT molecular complexity index is 1700. The van der Waals surface area contributed by atoms with Crippen LogP contribution in [-0.4, -0.2) is 47.1 Å². The van der Waals surface area contributed by atoms with Crippen molar-refractivity contribution in [3.05, 3.63) is 94.4 Å². The van der Waals surface area contributed by atoms with Gasteiger partial charge in [0.05, 0.1) is 19.2 Å². The second kappa shape index (κ2) is 13.9. The van der Waals surface area contributed by atoms with Crippen LogP contribution in [0.25, 0.3) is 10.8 Å². The highest BCUT2D eigenvalue weighted by Gasteiger charge is 2.16. The van der Waals surface area contributed by atoms with Crippen LogP contribution >= 0.6 is 0 Å². The number of benzene rings is 3. The molecular formula is C33H36FN5O5. The smallest absolute Gasteiger partial charge is 0.411 e. The summed E-state index contributed by atoms with van der Waals surface area (Å²) in [5.74, 6) is -1.23. The van der Waals surface area contributed by atoms with Gasteiger partial charge in [-0.05, 0) is 72.0 Å². The number of ether oxygens (including phenoxy) is 1. The maximum absolute atomic E-state index is 14.3. The van der Waals surface area contributed by atoms with E-state index in [2.05, 4.69) is 21.7 Å². The molecule has 0 aliphatic heterocycles. The van der Waals surface area contributed by atoms with E-state index in [0.717, 1.165) is 28.6 Å². The lowest BCUT2D eigenvalue weighted by Crippen LogP contribution is -2.19. The molecule has 4 aromatic rings. The molecule has 3 aromatic carbocycles. The fourth-order valence-electron chi connectivity index (χ4n) is 5.11. The van der Waals surface area contributed by atoms with E-state index in [4.69, 9.17) is 10.5 Å². The summed E-state index contributed by atoms with van der Waals surface area (Å²) in [7, 11) is 1.58. The topological polar surface area (TPSA) is 147 Å². The number of carboxylic acids is 1. The van der Waals surface area contributed by atoms with E-state index in [0.29, 0.717) is 34.0 Å². The first-order chi connectivity index (χ1) is 20.9. The van der Waals surface area contributed by atoms with Gasteiger partial charge in [-0.3, -0.25) is 14.9 Å². The number of carbonyl (C=O) groups is 3. The van der Waals surface area contributed by atoms with Crippen LogP contribution in [0, 0.1) is 12.7 Å². The molecule has 2 atom stereocenters. The Labute approximate surface area is 255 Å². The van der Waals surface area contributed by atoms with Gasteiger partial charge in [0, 0.05) is 47.7 Å². The molecule has 11 heteroatoms. The van der Waals surface area contributed by atoms with Crippen LogP contribution in [0.2, 0.25) is 0 Å². The largest absolute Gasteiger partial charge is 0.481 e. The van der Waals surface area contributed by atoms with Crippen molar-refractivity contribution in [1.29, 1.82) is 0 Å². The number of carbonyl (C=O) groups excluding carboxylic acids is 2. The lowest BCUT2D eigenvalue weighted by molar-refractivity contribution is -0.136. The number of fused-ring (bicyclic) bond motifs is 1. The third-order valence-electron chi connectivity index (χ3n) is 7.44. The van der Waals surface area contributed by atoms with Gasteiger partial charge in [0.25, 0.3) is 0 Å². The summed E-state index contributed by atoms with van der Waals surface area (Å²) in [5.41, 5.74) is 11.3. The van der Waals surface area contributed by atoms with Gasteiger partial charge in [0.15, 0.2) is 0 Å². The van der Waals surface area contributed by atoms with Crippen LogP contribution in [0.1, 0.15) is 53.6 Å². The minimum absolute atomic E-state index is 0.0714. The Kier molecular flexibility index (Phi) is 9.99. The number of nitrogen functional groups attached to an aromatic ring is 1. The molecule has 0 unspecified atom stereocenters. The first-order valence-electron chi connectivity index (χ1n) is 14.1. The Morgan fingerprint density at radius 1 is 1.07 bits per heavy atom. The Hall–Kier alpha value is -5.19. The van der Waals surface area contributed by atoms with Crippen LogP contribution < -0.4 is 16.4 Å². The summed E-state index contributed by atoms with van der Waals surface area (Å²) in [4.78, 5) is 40.1. The van der Waals surface area contributed by atoms with E-state index in [1.165, 1.54) is 4.90 Å². The Morgan fingerprint density at radius 3 is 2.52 bits per heavy atom. The molecular weight excluding hydrogens is 565 g/mol. The van der Waals surface area contributed by atoms with Crippen molar-refractivity contribution in [3.63, 3.8) is 0 Å². The predicted octanol–water partition coefficient (Wildman–Crippen LogP) is 6.01. The normalized spacial score (nSPS) is 12.3. The van der Waals surface area contributed by atoms with Gasteiger partial charge in [0.1, 0.15) is 11.6 Å². The predicted molar refractivity (Wildman–Crippen MR) is 168 cm³/mol. The van der Waals surface area contributed by atoms with Gasteiger partial charge in [-0.1, -0.05) is 31.2 Å². The molecule has 5 N–H and O–H groups in total. The lowest BCUT2D eigenvalue weighted by Gasteiger charge is -2.20. The van der Waals surface area contributed by atoms with Gasteiger partial charge in [-0.2, -0.15) is 0 Å². The zero-order chi connectivity index (χ0) is 32.0. The average molecular weight is 602 g/mol. The summed E-state index contributed by atoms with van der Waals surface area (Å²) in [5, 5.41) is 16.3. The third kappa shape index (κ3) is 7.80. The molecule has 10 nitrogen and oxygen atoms in total. The number of aromatic nitrogens is 1. The van der Waals surface area contributed by atoms with Gasteiger partial charge < -0.3 is 25.8 Å². The molecule has 0 fully saturated rings. The molecule has 0 aliphatic rings. The second-order valence-electron chi connectivity index (χ2n) is 10.9. The summed E-state index contributed by atoms with van der Waals surface area (Å²) < 4.78 is 19.8. The molecule has 0 spiro atoms. The van der Waals surface area contributed by atoms with Crippen molar-refractivity contribution in [2.24, 2.45) is 0 Å². The van der Waals surface area contributed by atoms with Crippen molar-refractivity contribution in [2.45, 2.75) is 45.7 Å². The molecule has 4 rings (SSSR count). The zero-order valence-electron chi connectivity index (χ0n) is 25.1. The van der Waals surface area contributed by atoms with Crippen molar-refractivity contribution in [2.75, 3.05) is 30.0 Å². The quantitative estimate of drug-likeness (QED) is 0.145. The number of nitrogens with one attached hydrogen (secondary N) is 2. The standard InChI is InChI=1S/C33H36FN5O5/c1-19-11-22(21(3)37-26-8-10-28-29(14-26)30(34)15-36-32(28)35)6-9-27(19)20(2)17-44-33(43)38-25-7-5-23(13-31(41)42)24(12-25)16-39(4)18-40/h5-12,14-15,18,20-21,37H,13,16-17H2,1-4H3,(H2,35,36)(H,38,43)(H,41,42)/t20-,21-/m0/s1. The van der Waals surface area contributed by atoms with E-state index >= 15 is 0 Å². The van der Waals surface area contributed by atoms with Gasteiger partial charge in [-0.25, -0.2) is 14.2 Å². The number of amides is 2. The number of aliphatic carboxylic acids is 1. The molecule has 0 radical (unpaired) electrons. The number of halogens is 1. The SMILES string of the molecule is Cc1cc([C@H](C)Nc2ccc3c(N)ncc(F)c3c2)ccc1[C@@H](C)COC(=O)Nc1ccc(CC(=O)O)c(CN(C)C=O)c1. The molecule has 0 bridgehead atoms. The highest BCUT2D eigenvalue weighted by Crippen LogP contribution is 2.29. The van der Waals surface area contributed by atoms with E-state index in [-0.39, 0.29) is 37.4 Å². The second-order valence-corrected chi connectivity index (χ2v) is 10.9.